The summed E-state index contributed by atoms with van der Waals surface area (Å²) >= 11 is 0. The van der Waals surface area contributed by atoms with Crippen LogP contribution in [0.5, 0.6) is 0 Å². The largest absolute Gasteiger partial charge is 0.366 e. The number of nitrogens with zero attached hydrogens (tertiary/aromatic N) is 4. The third-order valence-corrected chi connectivity index (χ3v) is 6.47. The molecule has 0 saturated heterocycles. The lowest BCUT2D eigenvalue weighted by molar-refractivity contribution is -0.117. The van der Waals surface area contributed by atoms with Crippen LogP contribution in [0, 0.1) is 11.6 Å². The number of nitrogens with one attached hydrogen (secondary N) is 2. The lowest BCUT2D eigenvalue weighted by Gasteiger charge is -2.14. The number of benzene rings is 3. The molecule has 0 unspecified atom stereocenters. The van der Waals surface area contributed by atoms with Crippen molar-refractivity contribution in [1.82, 2.24) is 19.9 Å². The minimum atomic E-state index is -1.50. The molecular weight excluding hydrogens is 532 g/mol. The van der Waals surface area contributed by atoms with E-state index in [1.165, 1.54) is 41.2 Å². The normalized spacial score (nSPS) is 14.5. The summed E-state index contributed by atoms with van der Waals surface area (Å²) in [5.41, 5.74) is 6.05. The van der Waals surface area contributed by atoms with Gasteiger partial charge in [-0.25, -0.2) is 23.3 Å². The molecule has 0 spiro atoms. The first kappa shape index (κ1) is 25.5. The average Bonchev–Trinajstić information content (AvgIpc) is 3.29. The van der Waals surface area contributed by atoms with E-state index in [1.54, 1.807) is 42.5 Å². The Labute approximate surface area is 230 Å². The Morgan fingerprint density at radius 3 is 2.51 bits per heavy atom. The lowest BCUT2D eigenvalue weighted by Crippen LogP contribution is -2.42. The van der Waals surface area contributed by atoms with Crippen LogP contribution in [0.2, 0.25) is 0 Å². The van der Waals surface area contributed by atoms with Gasteiger partial charge in [-0.1, -0.05) is 42.5 Å². The topological polar surface area (TPSA) is 144 Å². The molecule has 1 atom stereocenters. The molecule has 1 aliphatic heterocycles. The fourth-order valence-corrected chi connectivity index (χ4v) is 4.56. The van der Waals surface area contributed by atoms with Gasteiger partial charge in [-0.3, -0.25) is 14.4 Å². The van der Waals surface area contributed by atoms with Gasteiger partial charge in [0.15, 0.2) is 5.65 Å². The second-order valence-electron chi connectivity index (χ2n) is 9.04. The predicted molar refractivity (Wildman–Crippen MR) is 145 cm³/mol. The van der Waals surface area contributed by atoms with Crippen LogP contribution in [-0.2, 0) is 4.79 Å². The number of carbonyl (C=O) groups is 3. The molecule has 3 aromatic carbocycles. The average molecular weight is 552 g/mol. The Kier molecular flexibility index (Phi) is 6.27. The van der Waals surface area contributed by atoms with Crippen molar-refractivity contribution in [3.63, 3.8) is 0 Å². The number of nitrogens with two attached hydrogens (primary N) is 1. The smallest absolute Gasteiger partial charge is 0.269 e. The van der Waals surface area contributed by atoms with Crippen molar-refractivity contribution in [1.29, 1.82) is 0 Å². The monoisotopic (exact) mass is 551 g/mol. The summed E-state index contributed by atoms with van der Waals surface area (Å²) in [4.78, 5) is 47.3. The van der Waals surface area contributed by atoms with Gasteiger partial charge < -0.3 is 16.4 Å². The van der Waals surface area contributed by atoms with Crippen molar-refractivity contribution in [2.75, 3.05) is 5.32 Å². The number of aliphatic imine (C=N–C) groups is 1. The molecule has 6 rings (SSSR count). The van der Waals surface area contributed by atoms with Crippen LogP contribution in [0.15, 0.2) is 90.2 Å². The summed E-state index contributed by atoms with van der Waals surface area (Å²) in [6.45, 7) is 0. The van der Waals surface area contributed by atoms with Crippen molar-refractivity contribution in [3.8, 4) is 11.3 Å². The van der Waals surface area contributed by atoms with Gasteiger partial charge in [0.05, 0.1) is 11.4 Å². The number of amides is 3. The SMILES string of the molecule is NC(=O)c1ccc(-c2nn3cccnc3c2C(=O)N[C@H]2N=C(c3ccccc3)c3cccc(F)c3NC2=O)c(F)c1. The Hall–Kier alpha value is -5.78. The van der Waals surface area contributed by atoms with E-state index in [0.29, 0.717) is 11.1 Å². The molecule has 2 aromatic heterocycles. The molecule has 5 aromatic rings. The molecule has 3 heterocycles. The lowest BCUT2D eigenvalue weighted by atomic mass is 10.0. The van der Waals surface area contributed by atoms with Gasteiger partial charge in [-0.15, -0.1) is 0 Å². The summed E-state index contributed by atoms with van der Waals surface area (Å²) in [7, 11) is 0. The molecule has 4 N–H and O–H groups in total. The zero-order valence-electron chi connectivity index (χ0n) is 21.0. The van der Waals surface area contributed by atoms with Gasteiger partial charge in [0.2, 0.25) is 12.1 Å². The van der Waals surface area contributed by atoms with Crippen LogP contribution in [0.3, 0.4) is 0 Å². The summed E-state index contributed by atoms with van der Waals surface area (Å²) in [5, 5.41) is 9.41. The number of para-hydroxylation sites is 1. The van der Waals surface area contributed by atoms with E-state index in [1.807, 2.05) is 0 Å². The number of hydrogen-bond acceptors (Lipinski definition) is 6. The van der Waals surface area contributed by atoms with Gasteiger partial charge >= 0.3 is 0 Å². The standard InChI is InChI=1S/C29H19F2N7O3/c30-19-9-4-8-18-22(15-6-2-1-3-7-15)34-26(29(41)35-23(18)19)36-28(40)21-24(37-38-13-5-12-33-27(21)38)17-11-10-16(25(32)39)14-20(17)31/h1-14,26H,(H2,32,39)(H,35,41)(H,36,40)/t26-/m1/s1. The van der Waals surface area contributed by atoms with Crippen molar-refractivity contribution in [2.45, 2.75) is 6.17 Å². The maximum Gasteiger partial charge on any atom is 0.269 e. The minimum absolute atomic E-state index is 0.0659. The molecule has 0 radical (unpaired) electrons. The van der Waals surface area contributed by atoms with Crippen LogP contribution in [0.4, 0.5) is 14.5 Å². The molecule has 0 saturated carbocycles. The molecular formula is C29H19F2N7O3. The highest BCUT2D eigenvalue weighted by Gasteiger charge is 2.32. The highest BCUT2D eigenvalue weighted by molar-refractivity contribution is 6.20. The Balaban J connectivity index is 1.45. The molecule has 12 heteroatoms. The number of aromatic nitrogens is 3. The van der Waals surface area contributed by atoms with E-state index in [-0.39, 0.29) is 39.4 Å². The summed E-state index contributed by atoms with van der Waals surface area (Å²) < 4.78 is 31.2. The van der Waals surface area contributed by atoms with Crippen LogP contribution < -0.4 is 16.4 Å². The van der Waals surface area contributed by atoms with E-state index < -0.39 is 35.5 Å². The highest BCUT2D eigenvalue weighted by Crippen LogP contribution is 2.30. The maximum absolute atomic E-state index is 15.1. The summed E-state index contributed by atoms with van der Waals surface area (Å²) in [6.07, 6.45) is 1.44. The number of halogens is 2. The second kappa shape index (κ2) is 10.1. The summed E-state index contributed by atoms with van der Waals surface area (Å²) in [5.74, 6) is -3.97. The number of benzodiazepines with no additional fused rings is 1. The zero-order chi connectivity index (χ0) is 28.7. The van der Waals surface area contributed by atoms with E-state index in [2.05, 4.69) is 25.7 Å². The van der Waals surface area contributed by atoms with Crippen LogP contribution in [0.25, 0.3) is 16.9 Å². The van der Waals surface area contributed by atoms with E-state index in [0.717, 1.165) is 6.07 Å². The third-order valence-electron chi connectivity index (χ3n) is 6.47. The van der Waals surface area contributed by atoms with Crippen LogP contribution in [0.1, 0.15) is 31.8 Å². The number of anilines is 1. The van der Waals surface area contributed by atoms with Crippen molar-refractivity contribution in [2.24, 2.45) is 10.7 Å². The van der Waals surface area contributed by atoms with Gasteiger partial charge in [0.25, 0.3) is 11.8 Å². The first-order chi connectivity index (χ1) is 19.8. The fraction of sp³-hybridized carbons (Fsp3) is 0.0345. The van der Waals surface area contributed by atoms with E-state index in [9.17, 15) is 18.8 Å². The number of carbonyl (C=O) groups excluding carboxylic acids is 3. The van der Waals surface area contributed by atoms with Crippen molar-refractivity contribution >= 4 is 34.8 Å². The molecule has 202 valence electrons. The number of hydrogen-bond donors (Lipinski definition) is 3. The number of fused-ring (bicyclic) bond motifs is 2. The van der Waals surface area contributed by atoms with Gasteiger partial charge in [0, 0.05) is 34.6 Å². The van der Waals surface area contributed by atoms with Crippen LogP contribution in [-0.4, -0.2) is 44.2 Å². The molecule has 41 heavy (non-hydrogen) atoms. The predicted octanol–water partition coefficient (Wildman–Crippen LogP) is 3.32. The Bertz CT molecular complexity index is 1900. The first-order valence-corrected chi connectivity index (χ1v) is 12.3. The van der Waals surface area contributed by atoms with Gasteiger partial charge in [-0.05, 0) is 30.3 Å². The quantitative estimate of drug-likeness (QED) is 0.307. The van der Waals surface area contributed by atoms with Crippen LogP contribution >= 0.6 is 0 Å². The second-order valence-corrected chi connectivity index (χ2v) is 9.04. The number of primary amides is 1. The number of rotatable bonds is 5. The Morgan fingerprint density at radius 1 is 0.951 bits per heavy atom. The third kappa shape index (κ3) is 4.56. The fourth-order valence-electron chi connectivity index (χ4n) is 4.56. The van der Waals surface area contributed by atoms with Gasteiger partial charge in [-0.2, -0.15) is 5.10 Å². The molecule has 10 nitrogen and oxygen atoms in total. The highest BCUT2D eigenvalue weighted by atomic mass is 19.1. The first-order valence-electron chi connectivity index (χ1n) is 12.3. The minimum Gasteiger partial charge on any atom is -0.366 e. The maximum atomic E-state index is 15.1. The molecule has 0 aliphatic carbocycles. The van der Waals surface area contributed by atoms with Crippen molar-refractivity contribution in [3.05, 3.63) is 119 Å². The molecule has 0 fully saturated rings. The molecule has 3 amide bonds. The zero-order valence-corrected chi connectivity index (χ0v) is 21.0. The van der Waals surface area contributed by atoms with E-state index >= 15 is 4.39 Å². The van der Waals surface area contributed by atoms with Gasteiger partial charge in [0.1, 0.15) is 22.9 Å². The molecule has 1 aliphatic rings. The Morgan fingerprint density at radius 2 is 1.76 bits per heavy atom. The summed E-state index contributed by atoms with van der Waals surface area (Å²) in [6, 6.07) is 18.2. The van der Waals surface area contributed by atoms with Crippen molar-refractivity contribution < 1.29 is 23.2 Å². The molecule has 0 bridgehead atoms. The van der Waals surface area contributed by atoms with E-state index in [4.69, 9.17) is 5.73 Å².